The number of methoxy groups -OCH3 is 2. The van der Waals surface area contributed by atoms with Gasteiger partial charge in [0.1, 0.15) is 11.5 Å². The molecule has 0 aliphatic carbocycles. The Morgan fingerprint density at radius 3 is 2.71 bits per heavy atom. The smallest absolute Gasteiger partial charge is 0.251 e. The van der Waals surface area contributed by atoms with Crippen molar-refractivity contribution in [2.75, 3.05) is 14.2 Å². The number of carbonyl (C=O) groups excluding carboxylic acids is 1. The summed E-state index contributed by atoms with van der Waals surface area (Å²) < 4.78 is 25.1. The molecule has 2 heterocycles. The van der Waals surface area contributed by atoms with Crippen LogP contribution < -0.4 is 14.8 Å². The summed E-state index contributed by atoms with van der Waals surface area (Å²) in [6.07, 6.45) is 3.01. The summed E-state index contributed by atoms with van der Waals surface area (Å²) >= 11 is 0. The van der Waals surface area contributed by atoms with Gasteiger partial charge in [-0.1, -0.05) is 0 Å². The summed E-state index contributed by atoms with van der Waals surface area (Å²) in [5.74, 6) is 0.421. The number of amides is 1. The number of fused-ring (bicyclic) bond motifs is 1. The molecule has 1 aromatic carbocycles. The third-order valence-electron chi connectivity index (χ3n) is 3.54. The van der Waals surface area contributed by atoms with E-state index in [4.69, 9.17) is 9.47 Å². The summed E-state index contributed by atoms with van der Waals surface area (Å²) in [6.45, 7) is 0.233. The van der Waals surface area contributed by atoms with Crippen molar-refractivity contribution in [3.8, 4) is 11.5 Å². The van der Waals surface area contributed by atoms with E-state index < -0.39 is 0 Å². The molecule has 2 aromatic heterocycles. The molecular formula is C17H16FN3O3. The lowest BCUT2D eigenvalue weighted by molar-refractivity contribution is 0.0950. The molecule has 0 saturated heterocycles. The zero-order valence-electron chi connectivity index (χ0n) is 13.2. The number of benzene rings is 1. The molecule has 1 N–H and O–H groups in total. The molecule has 124 valence electrons. The van der Waals surface area contributed by atoms with Crippen LogP contribution in [0.1, 0.15) is 16.1 Å². The topological polar surface area (TPSA) is 64.9 Å². The fourth-order valence-electron chi connectivity index (χ4n) is 2.35. The molecule has 0 bridgehead atoms. The minimum atomic E-state index is -0.346. The van der Waals surface area contributed by atoms with Gasteiger partial charge in [-0.2, -0.15) is 0 Å². The average Bonchev–Trinajstić information content (AvgIpc) is 3.00. The van der Waals surface area contributed by atoms with Crippen molar-refractivity contribution >= 4 is 11.6 Å². The van der Waals surface area contributed by atoms with Gasteiger partial charge in [0.05, 0.1) is 26.5 Å². The molecular weight excluding hydrogens is 313 g/mol. The van der Waals surface area contributed by atoms with E-state index in [1.165, 1.54) is 26.5 Å². The summed E-state index contributed by atoms with van der Waals surface area (Å²) in [7, 11) is 3.04. The van der Waals surface area contributed by atoms with E-state index in [2.05, 4.69) is 10.3 Å². The van der Waals surface area contributed by atoms with Crippen molar-refractivity contribution in [3.05, 3.63) is 59.8 Å². The van der Waals surface area contributed by atoms with E-state index in [1.54, 1.807) is 34.9 Å². The second kappa shape index (κ2) is 6.57. The molecule has 0 radical (unpaired) electrons. The van der Waals surface area contributed by atoms with Gasteiger partial charge in [0, 0.05) is 18.0 Å². The van der Waals surface area contributed by atoms with Crippen LogP contribution in [0.5, 0.6) is 11.5 Å². The summed E-state index contributed by atoms with van der Waals surface area (Å²) in [6, 6.07) is 7.84. The van der Waals surface area contributed by atoms with Crippen LogP contribution in [0.15, 0.2) is 42.7 Å². The second-order valence-electron chi connectivity index (χ2n) is 5.10. The van der Waals surface area contributed by atoms with Gasteiger partial charge in [-0.25, -0.2) is 9.37 Å². The molecule has 0 spiro atoms. The Labute approximate surface area is 137 Å². The van der Waals surface area contributed by atoms with Gasteiger partial charge in [0.15, 0.2) is 11.5 Å². The minimum Gasteiger partial charge on any atom is -0.493 e. The van der Waals surface area contributed by atoms with Crippen LogP contribution in [0.4, 0.5) is 4.39 Å². The quantitative estimate of drug-likeness (QED) is 0.781. The van der Waals surface area contributed by atoms with E-state index in [-0.39, 0.29) is 18.3 Å². The van der Waals surface area contributed by atoms with Crippen molar-refractivity contribution in [1.82, 2.24) is 14.7 Å². The van der Waals surface area contributed by atoms with Crippen LogP contribution in [0, 0.1) is 5.82 Å². The number of nitrogens with zero attached hydrogens (tertiary/aromatic N) is 2. The van der Waals surface area contributed by atoms with Crippen molar-refractivity contribution in [2.24, 2.45) is 0 Å². The Hall–Kier alpha value is -3.09. The van der Waals surface area contributed by atoms with Crippen molar-refractivity contribution < 1.29 is 18.7 Å². The number of ether oxygens (including phenoxy) is 2. The first-order valence-corrected chi connectivity index (χ1v) is 7.24. The van der Waals surface area contributed by atoms with E-state index >= 15 is 0 Å². The zero-order valence-corrected chi connectivity index (χ0v) is 13.2. The predicted octanol–water partition coefficient (Wildman–Crippen LogP) is 2.42. The maximum atomic E-state index is 13.2. The lowest BCUT2D eigenvalue weighted by Crippen LogP contribution is -2.23. The summed E-state index contributed by atoms with van der Waals surface area (Å²) in [5.41, 5.74) is 1.70. The molecule has 6 nitrogen and oxygen atoms in total. The molecule has 0 aliphatic heterocycles. The number of pyridine rings is 1. The fraction of sp³-hybridized carbons (Fsp3) is 0.176. The average molecular weight is 329 g/mol. The Kier molecular flexibility index (Phi) is 4.33. The van der Waals surface area contributed by atoms with Crippen LogP contribution in [-0.4, -0.2) is 29.5 Å². The lowest BCUT2D eigenvalue weighted by atomic mass is 10.2. The molecule has 0 fully saturated rings. The van der Waals surface area contributed by atoms with Crippen LogP contribution in [0.25, 0.3) is 5.65 Å². The van der Waals surface area contributed by atoms with Gasteiger partial charge >= 0.3 is 0 Å². The Balaban J connectivity index is 1.72. The van der Waals surface area contributed by atoms with Crippen LogP contribution in [0.3, 0.4) is 0 Å². The molecule has 3 aromatic rings. The number of carbonyl (C=O) groups is 1. The van der Waals surface area contributed by atoms with Crippen LogP contribution in [0.2, 0.25) is 0 Å². The number of rotatable bonds is 5. The third-order valence-corrected chi connectivity index (χ3v) is 3.54. The molecule has 0 saturated carbocycles. The Bertz CT molecular complexity index is 892. The van der Waals surface area contributed by atoms with Gasteiger partial charge < -0.3 is 19.2 Å². The molecule has 0 unspecified atom stereocenters. The number of aromatic nitrogens is 2. The number of hydrogen-bond acceptors (Lipinski definition) is 4. The highest BCUT2D eigenvalue weighted by Gasteiger charge is 2.11. The molecule has 7 heteroatoms. The number of nitrogens with one attached hydrogen (secondary N) is 1. The van der Waals surface area contributed by atoms with Crippen molar-refractivity contribution in [2.45, 2.75) is 6.54 Å². The monoisotopic (exact) mass is 329 g/mol. The van der Waals surface area contributed by atoms with Gasteiger partial charge in [-0.15, -0.1) is 0 Å². The maximum Gasteiger partial charge on any atom is 0.251 e. The normalized spacial score (nSPS) is 10.6. The minimum absolute atomic E-state index is 0.233. The highest BCUT2D eigenvalue weighted by molar-refractivity contribution is 5.94. The first-order chi connectivity index (χ1) is 11.6. The largest absolute Gasteiger partial charge is 0.493 e. The molecule has 3 rings (SSSR count). The molecule has 24 heavy (non-hydrogen) atoms. The summed E-state index contributed by atoms with van der Waals surface area (Å²) in [4.78, 5) is 16.6. The third kappa shape index (κ3) is 3.15. The number of imidazole rings is 1. The SMILES string of the molecule is COc1ccc(C(=O)NCc2cn3cc(F)ccc3n2)cc1OC. The fourth-order valence-corrected chi connectivity index (χ4v) is 2.35. The molecule has 0 atom stereocenters. The van der Waals surface area contributed by atoms with E-state index in [0.717, 1.165) is 0 Å². The maximum absolute atomic E-state index is 13.2. The zero-order chi connectivity index (χ0) is 17.1. The van der Waals surface area contributed by atoms with Gasteiger partial charge in [0.2, 0.25) is 0 Å². The predicted molar refractivity (Wildman–Crippen MR) is 85.9 cm³/mol. The lowest BCUT2D eigenvalue weighted by Gasteiger charge is -2.09. The number of hydrogen-bond donors (Lipinski definition) is 1. The summed E-state index contributed by atoms with van der Waals surface area (Å²) in [5, 5.41) is 2.77. The highest BCUT2D eigenvalue weighted by Crippen LogP contribution is 2.27. The Morgan fingerprint density at radius 1 is 1.17 bits per heavy atom. The van der Waals surface area contributed by atoms with Crippen LogP contribution in [-0.2, 0) is 6.54 Å². The van der Waals surface area contributed by atoms with E-state index in [9.17, 15) is 9.18 Å². The Morgan fingerprint density at radius 2 is 1.96 bits per heavy atom. The standard InChI is InChI=1S/C17H16FN3O3/c1-23-14-5-3-11(7-15(14)24-2)17(22)19-8-13-10-21-9-12(18)4-6-16(21)20-13/h3-7,9-10H,8H2,1-2H3,(H,19,22). The van der Waals surface area contributed by atoms with Crippen LogP contribution >= 0.6 is 0 Å². The van der Waals surface area contributed by atoms with Gasteiger partial charge in [0.25, 0.3) is 5.91 Å². The molecule has 1 amide bonds. The molecule has 0 aliphatic rings. The van der Waals surface area contributed by atoms with E-state index in [0.29, 0.717) is 28.4 Å². The second-order valence-corrected chi connectivity index (χ2v) is 5.10. The van der Waals surface area contributed by atoms with Gasteiger partial charge in [-0.3, -0.25) is 4.79 Å². The first kappa shape index (κ1) is 15.8. The van der Waals surface area contributed by atoms with E-state index in [1.807, 2.05) is 0 Å². The van der Waals surface area contributed by atoms with Crippen molar-refractivity contribution in [3.63, 3.8) is 0 Å². The van der Waals surface area contributed by atoms with Gasteiger partial charge in [-0.05, 0) is 30.3 Å². The highest BCUT2D eigenvalue weighted by atomic mass is 19.1. The number of halogens is 1. The first-order valence-electron chi connectivity index (χ1n) is 7.24. The van der Waals surface area contributed by atoms with Crippen molar-refractivity contribution in [1.29, 1.82) is 0 Å².